The highest BCUT2D eigenvalue weighted by atomic mass is 32.2. The lowest BCUT2D eigenvalue weighted by Crippen LogP contribution is -2.45. The average molecular weight is 230 g/mol. The second kappa shape index (κ2) is 4.62. The highest BCUT2D eigenvalue weighted by Gasteiger charge is 2.28. The van der Waals surface area contributed by atoms with E-state index in [0.717, 1.165) is 0 Å². The van der Waals surface area contributed by atoms with Crippen LogP contribution >= 0.6 is 0 Å². The maximum atomic E-state index is 11.7. The second-order valence-corrected chi connectivity index (χ2v) is 5.87. The van der Waals surface area contributed by atoms with Gasteiger partial charge in [0.25, 0.3) is 0 Å². The third kappa shape index (κ3) is 2.93. The van der Waals surface area contributed by atoms with Gasteiger partial charge >= 0.3 is 0 Å². The second-order valence-electron chi connectivity index (χ2n) is 3.57. The van der Waals surface area contributed by atoms with Crippen LogP contribution in [-0.2, 0) is 14.6 Å². The molecule has 1 amide bonds. The number of amides is 1. The van der Waals surface area contributed by atoms with Crippen molar-refractivity contribution in [1.82, 2.24) is 4.90 Å². The van der Waals surface area contributed by atoms with E-state index in [-0.39, 0.29) is 30.5 Å². The molecule has 1 aliphatic rings. The Labute approximate surface area is 89.6 Å². The van der Waals surface area contributed by atoms with Crippen molar-refractivity contribution in [2.24, 2.45) is 5.92 Å². The monoisotopic (exact) mass is 230 g/mol. The predicted molar refractivity (Wildman–Crippen MR) is 54.6 cm³/mol. The molecule has 6 heteroatoms. The van der Waals surface area contributed by atoms with E-state index in [9.17, 15) is 13.2 Å². The SMILES string of the molecule is CCC(C#N)C(=O)N1CCS(=O)(=O)CC1. The zero-order valence-corrected chi connectivity index (χ0v) is 9.46. The number of nitriles is 1. The number of rotatable bonds is 2. The van der Waals surface area contributed by atoms with Crippen LogP contribution < -0.4 is 0 Å². The minimum Gasteiger partial charge on any atom is -0.340 e. The summed E-state index contributed by atoms with van der Waals surface area (Å²) >= 11 is 0. The molecule has 1 heterocycles. The molecule has 1 aliphatic heterocycles. The summed E-state index contributed by atoms with van der Waals surface area (Å²) in [5.41, 5.74) is 0. The molecule has 1 atom stereocenters. The topological polar surface area (TPSA) is 78.2 Å². The van der Waals surface area contributed by atoms with Crippen LogP contribution in [0.1, 0.15) is 13.3 Å². The van der Waals surface area contributed by atoms with Gasteiger partial charge in [0.2, 0.25) is 5.91 Å². The Morgan fingerprint density at radius 1 is 1.47 bits per heavy atom. The van der Waals surface area contributed by atoms with E-state index >= 15 is 0 Å². The fourth-order valence-corrected chi connectivity index (χ4v) is 2.68. The zero-order chi connectivity index (χ0) is 11.5. The van der Waals surface area contributed by atoms with Crippen LogP contribution in [0.2, 0.25) is 0 Å². The number of hydrogen-bond acceptors (Lipinski definition) is 4. The molecular formula is C9H14N2O3S. The number of nitrogens with zero attached hydrogens (tertiary/aromatic N) is 2. The smallest absolute Gasteiger partial charge is 0.239 e. The number of hydrogen-bond donors (Lipinski definition) is 0. The largest absolute Gasteiger partial charge is 0.340 e. The van der Waals surface area contributed by atoms with Crippen LogP contribution in [0, 0.1) is 17.2 Å². The van der Waals surface area contributed by atoms with Gasteiger partial charge in [-0.15, -0.1) is 0 Å². The standard InChI is InChI=1S/C9H14N2O3S/c1-2-8(7-10)9(12)11-3-5-15(13,14)6-4-11/h8H,2-6H2,1H3. The zero-order valence-electron chi connectivity index (χ0n) is 8.64. The van der Waals surface area contributed by atoms with Gasteiger partial charge in [-0.25, -0.2) is 8.42 Å². The summed E-state index contributed by atoms with van der Waals surface area (Å²) < 4.78 is 22.2. The average Bonchev–Trinajstić information content (AvgIpc) is 2.19. The Kier molecular flexibility index (Phi) is 3.69. The summed E-state index contributed by atoms with van der Waals surface area (Å²) in [5.74, 6) is -0.845. The van der Waals surface area contributed by atoms with Gasteiger partial charge in [0, 0.05) is 13.1 Å². The third-order valence-corrected chi connectivity index (χ3v) is 4.13. The van der Waals surface area contributed by atoms with Gasteiger partial charge in [-0.1, -0.05) is 6.92 Å². The van der Waals surface area contributed by atoms with Crippen molar-refractivity contribution in [3.63, 3.8) is 0 Å². The van der Waals surface area contributed by atoms with Crippen LogP contribution in [0.5, 0.6) is 0 Å². The maximum Gasteiger partial charge on any atom is 0.239 e. The van der Waals surface area contributed by atoms with Gasteiger partial charge < -0.3 is 4.90 Å². The van der Waals surface area contributed by atoms with Crippen LogP contribution in [0.3, 0.4) is 0 Å². The summed E-state index contributed by atoms with van der Waals surface area (Å²) in [6, 6.07) is 1.93. The van der Waals surface area contributed by atoms with Crippen molar-refractivity contribution in [2.75, 3.05) is 24.6 Å². The van der Waals surface area contributed by atoms with Crippen molar-refractivity contribution in [2.45, 2.75) is 13.3 Å². The molecule has 0 aromatic rings. The van der Waals surface area contributed by atoms with Crippen LogP contribution in [0.15, 0.2) is 0 Å². The normalized spacial score (nSPS) is 21.7. The molecule has 1 rings (SSSR count). The molecule has 0 radical (unpaired) electrons. The highest BCUT2D eigenvalue weighted by Crippen LogP contribution is 2.10. The summed E-state index contributed by atoms with van der Waals surface area (Å²) in [7, 11) is -2.97. The van der Waals surface area contributed by atoms with E-state index in [0.29, 0.717) is 6.42 Å². The first-order chi connectivity index (χ1) is 7.00. The molecule has 1 fully saturated rings. The minimum atomic E-state index is -2.97. The molecule has 0 aromatic carbocycles. The molecule has 5 nitrogen and oxygen atoms in total. The van der Waals surface area contributed by atoms with Crippen molar-refractivity contribution in [1.29, 1.82) is 5.26 Å². The van der Waals surface area contributed by atoms with Gasteiger partial charge in [0.1, 0.15) is 5.92 Å². The Bertz CT molecular complexity index is 369. The van der Waals surface area contributed by atoms with Crippen molar-refractivity contribution in [3.8, 4) is 6.07 Å². The third-order valence-electron chi connectivity index (χ3n) is 2.52. The Balaban J connectivity index is 2.61. The van der Waals surface area contributed by atoms with Gasteiger partial charge in [0.05, 0.1) is 17.6 Å². The first-order valence-corrected chi connectivity index (χ1v) is 6.71. The number of sulfone groups is 1. The molecule has 1 unspecified atom stereocenters. The van der Waals surface area contributed by atoms with Crippen molar-refractivity contribution >= 4 is 15.7 Å². The van der Waals surface area contributed by atoms with E-state index < -0.39 is 15.8 Å². The molecule has 0 bridgehead atoms. The lowest BCUT2D eigenvalue weighted by Gasteiger charge is -2.28. The van der Waals surface area contributed by atoms with E-state index in [1.165, 1.54) is 4.90 Å². The van der Waals surface area contributed by atoms with Crippen molar-refractivity contribution in [3.05, 3.63) is 0 Å². The van der Waals surface area contributed by atoms with Crippen molar-refractivity contribution < 1.29 is 13.2 Å². The van der Waals surface area contributed by atoms with E-state index in [1.54, 1.807) is 6.92 Å². The molecule has 0 aromatic heterocycles. The van der Waals surface area contributed by atoms with Crippen LogP contribution in [-0.4, -0.2) is 43.8 Å². The fraction of sp³-hybridized carbons (Fsp3) is 0.778. The van der Waals surface area contributed by atoms with E-state index in [4.69, 9.17) is 5.26 Å². The first-order valence-electron chi connectivity index (χ1n) is 4.89. The molecule has 1 saturated heterocycles. The summed E-state index contributed by atoms with van der Waals surface area (Å²) in [4.78, 5) is 13.2. The molecule has 84 valence electrons. The quantitative estimate of drug-likeness (QED) is 0.657. The lowest BCUT2D eigenvalue weighted by atomic mass is 10.1. The minimum absolute atomic E-state index is 0.0145. The highest BCUT2D eigenvalue weighted by molar-refractivity contribution is 7.91. The van der Waals surface area contributed by atoms with Gasteiger partial charge in [-0.05, 0) is 6.42 Å². The van der Waals surface area contributed by atoms with E-state index in [2.05, 4.69) is 0 Å². The fourth-order valence-electron chi connectivity index (χ4n) is 1.47. The lowest BCUT2D eigenvalue weighted by molar-refractivity contribution is -0.133. The summed E-state index contributed by atoms with van der Waals surface area (Å²) in [5, 5.41) is 8.71. The Morgan fingerprint density at radius 2 is 2.00 bits per heavy atom. The van der Waals surface area contributed by atoms with E-state index in [1.807, 2.05) is 6.07 Å². The van der Waals surface area contributed by atoms with Gasteiger partial charge in [-0.2, -0.15) is 5.26 Å². The molecule has 0 N–H and O–H groups in total. The molecular weight excluding hydrogens is 216 g/mol. The molecule has 15 heavy (non-hydrogen) atoms. The number of carbonyl (C=O) groups excluding carboxylic acids is 1. The van der Waals surface area contributed by atoms with Crippen LogP contribution in [0.4, 0.5) is 0 Å². The van der Waals surface area contributed by atoms with Gasteiger partial charge in [0.15, 0.2) is 9.84 Å². The van der Waals surface area contributed by atoms with Crippen LogP contribution in [0.25, 0.3) is 0 Å². The molecule has 0 spiro atoms. The number of carbonyl (C=O) groups is 1. The maximum absolute atomic E-state index is 11.7. The summed E-state index contributed by atoms with van der Waals surface area (Å²) in [6.45, 7) is 2.21. The predicted octanol–water partition coefficient (Wildman–Crippen LogP) is -0.207. The Morgan fingerprint density at radius 3 is 2.40 bits per heavy atom. The molecule has 0 aliphatic carbocycles. The first kappa shape index (κ1) is 12.0. The van der Waals surface area contributed by atoms with Gasteiger partial charge in [-0.3, -0.25) is 4.79 Å². The Hall–Kier alpha value is -1.09. The molecule has 0 saturated carbocycles. The summed E-state index contributed by atoms with van der Waals surface area (Å²) in [6.07, 6.45) is 0.471.